The summed E-state index contributed by atoms with van der Waals surface area (Å²) in [5.74, 6) is 0. The van der Waals surface area contributed by atoms with E-state index in [4.69, 9.17) is 5.73 Å². The monoisotopic (exact) mass is 165 g/mol. The highest BCUT2D eigenvalue weighted by Gasteiger charge is 1.98. The molecule has 0 fully saturated rings. The summed E-state index contributed by atoms with van der Waals surface area (Å²) in [6.07, 6.45) is 5.66. The Balaban J connectivity index is 2.87. The van der Waals surface area contributed by atoms with Gasteiger partial charge in [0.2, 0.25) is 0 Å². The number of aromatic nitrogens is 2. The molecule has 1 heterocycles. The summed E-state index contributed by atoms with van der Waals surface area (Å²) < 4.78 is 1.96. The Kier molecular flexibility index (Phi) is 2.65. The second kappa shape index (κ2) is 3.54. The average molecular weight is 165 g/mol. The maximum Gasteiger partial charge on any atom is 0.0948 e. The van der Waals surface area contributed by atoms with Crippen LogP contribution in [0.4, 0.5) is 0 Å². The molecule has 0 amide bonds. The summed E-state index contributed by atoms with van der Waals surface area (Å²) in [5.41, 5.74) is 7.96. The van der Waals surface area contributed by atoms with Gasteiger partial charge in [-0.1, -0.05) is 5.57 Å². The normalized spacial score (nSPS) is 14.8. The summed E-state index contributed by atoms with van der Waals surface area (Å²) in [6.45, 7) is 4.00. The Hall–Kier alpha value is -1.09. The Bertz CT molecular complexity index is 284. The fourth-order valence-electron chi connectivity index (χ4n) is 0.871. The second-order valence-electron chi connectivity index (χ2n) is 3.11. The fourth-order valence-corrected chi connectivity index (χ4v) is 0.871. The third-order valence-corrected chi connectivity index (χ3v) is 1.95. The molecule has 0 aliphatic heterocycles. The van der Waals surface area contributed by atoms with Crippen molar-refractivity contribution in [3.8, 4) is 0 Å². The van der Waals surface area contributed by atoms with Crippen LogP contribution in [-0.2, 0) is 7.05 Å². The van der Waals surface area contributed by atoms with Crippen LogP contribution in [0.2, 0.25) is 0 Å². The SMILES string of the molecule is CC(=Cc1cncn1C)C(C)N. The van der Waals surface area contributed by atoms with Crippen LogP contribution in [0.5, 0.6) is 0 Å². The van der Waals surface area contributed by atoms with E-state index in [9.17, 15) is 0 Å². The van der Waals surface area contributed by atoms with E-state index in [1.54, 1.807) is 6.33 Å². The third-order valence-electron chi connectivity index (χ3n) is 1.95. The molecule has 0 spiro atoms. The van der Waals surface area contributed by atoms with Crippen molar-refractivity contribution in [1.82, 2.24) is 9.55 Å². The Morgan fingerprint density at radius 2 is 2.42 bits per heavy atom. The first kappa shape index (κ1) is 9.00. The zero-order valence-corrected chi connectivity index (χ0v) is 7.78. The van der Waals surface area contributed by atoms with Gasteiger partial charge in [0.1, 0.15) is 0 Å². The topological polar surface area (TPSA) is 43.8 Å². The van der Waals surface area contributed by atoms with E-state index in [2.05, 4.69) is 11.1 Å². The molecule has 0 saturated heterocycles. The molecular weight excluding hydrogens is 150 g/mol. The van der Waals surface area contributed by atoms with Crippen molar-refractivity contribution in [3.63, 3.8) is 0 Å². The molecule has 1 aromatic rings. The number of nitrogens with zero attached hydrogens (tertiary/aromatic N) is 2. The van der Waals surface area contributed by atoms with Crippen LogP contribution in [-0.4, -0.2) is 15.6 Å². The highest BCUT2D eigenvalue weighted by Crippen LogP contribution is 2.06. The predicted molar refractivity (Wildman–Crippen MR) is 50.5 cm³/mol. The second-order valence-corrected chi connectivity index (χ2v) is 3.11. The number of hydrogen-bond acceptors (Lipinski definition) is 2. The van der Waals surface area contributed by atoms with Gasteiger partial charge < -0.3 is 10.3 Å². The number of hydrogen-bond donors (Lipinski definition) is 1. The van der Waals surface area contributed by atoms with Crippen molar-refractivity contribution in [2.75, 3.05) is 0 Å². The van der Waals surface area contributed by atoms with Crippen LogP contribution in [0.25, 0.3) is 6.08 Å². The van der Waals surface area contributed by atoms with Gasteiger partial charge in [0.05, 0.1) is 18.2 Å². The summed E-state index contributed by atoms with van der Waals surface area (Å²) in [4.78, 5) is 4.01. The van der Waals surface area contributed by atoms with Gasteiger partial charge >= 0.3 is 0 Å². The Morgan fingerprint density at radius 1 is 1.75 bits per heavy atom. The predicted octanol–water partition coefficient (Wildman–Crippen LogP) is 1.17. The lowest BCUT2D eigenvalue weighted by atomic mass is 10.1. The molecule has 66 valence electrons. The third kappa shape index (κ3) is 1.95. The van der Waals surface area contributed by atoms with Crippen molar-refractivity contribution in [2.45, 2.75) is 19.9 Å². The fraction of sp³-hybridized carbons (Fsp3) is 0.444. The van der Waals surface area contributed by atoms with Crippen LogP contribution in [0, 0.1) is 0 Å². The molecule has 0 bridgehead atoms. The molecule has 0 aromatic carbocycles. The molecule has 3 heteroatoms. The van der Waals surface area contributed by atoms with Crippen molar-refractivity contribution in [1.29, 1.82) is 0 Å². The van der Waals surface area contributed by atoms with E-state index < -0.39 is 0 Å². The average Bonchev–Trinajstić information content (AvgIpc) is 2.36. The summed E-state index contributed by atoms with van der Waals surface area (Å²) in [5, 5.41) is 0. The Morgan fingerprint density at radius 3 is 2.83 bits per heavy atom. The molecular formula is C9H15N3. The van der Waals surface area contributed by atoms with E-state index in [0.717, 1.165) is 5.69 Å². The van der Waals surface area contributed by atoms with Crippen LogP contribution < -0.4 is 5.73 Å². The van der Waals surface area contributed by atoms with Gasteiger partial charge in [-0.05, 0) is 19.9 Å². The molecule has 0 radical (unpaired) electrons. The van der Waals surface area contributed by atoms with E-state index >= 15 is 0 Å². The highest BCUT2D eigenvalue weighted by atomic mass is 15.0. The lowest BCUT2D eigenvalue weighted by molar-refractivity contribution is 0.859. The molecule has 3 nitrogen and oxygen atoms in total. The van der Waals surface area contributed by atoms with Crippen molar-refractivity contribution in [3.05, 3.63) is 23.8 Å². The van der Waals surface area contributed by atoms with Gasteiger partial charge in [0, 0.05) is 13.1 Å². The molecule has 1 unspecified atom stereocenters. The summed E-state index contributed by atoms with van der Waals surface area (Å²) in [7, 11) is 1.97. The van der Waals surface area contributed by atoms with Gasteiger partial charge in [-0.25, -0.2) is 4.98 Å². The highest BCUT2D eigenvalue weighted by molar-refractivity contribution is 5.49. The minimum absolute atomic E-state index is 0.111. The smallest absolute Gasteiger partial charge is 0.0948 e. The molecule has 1 aromatic heterocycles. The first-order valence-corrected chi connectivity index (χ1v) is 4.01. The van der Waals surface area contributed by atoms with E-state index in [1.165, 1.54) is 5.57 Å². The molecule has 0 aliphatic rings. The molecule has 0 aliphatic carbocycles. The van der Waals surface area contributed by atoms with Gasteiger partial charge in [0.25, 0.3) is 0 Å². The maximum atomic E-state index is 5.70. The van der Waals surface area contributed by atoms with E-state index in [0.29, 0.717) is 0 Å². The number of nitrogens with two attached hydrogens (primary N) is 1. The standard InChI is InChI=1S/C9H15N3/c1-7(8(2)10)4-9-5-11-6-12(9)3/h4-6,8H,10H2,1-3H3. The maximum absolute atomic E-state index is 5.70. The molecule has 2 N–H and O–H groups in total. The molecule has 12 heavy (non-hydrogen) atoms. The largest absolute Gasteiger partial charge is 0.334 e. The van der Waals surface area contributed by atoms with Crippen molar-refractivity contribution in [2.24, 2.45) is 12.8 Å². The van der Waals surface area contributed by atoms with Crippen LogP contribution >= 0.6 is 0 Å². The first-order valence-electron chi connectivity index (χ1n) is 4.01. The Labute approximate surface area is 72.9 Å². The van der Waals surface area contributed by atoms with Crippen LogP contribution in [0.1, 0.15) is 19.5 Å². The summed E-state index contributed by atoms with van der Waals surface area (Å²) >= 11 is 0. The number of imidazole rings is 1. The van der Waals surface area contributed by atoms with Gasteiger partial charge in [-0.2, -0.15) is 0 Å². The molecule has 0 saturated carbocycles. The van der Waals surface area contributed by atoms with E-state index in [1.807, 2.05) is 31.7 Å². The first-order chi connectivity index (χ1) is 5.61. The van der Waals surface area contributed by atoms with Gasteiger partial charge in [-0.3, -0.25) is 0 Å². The van der Waals surface area contributed by atoms with E-state index in [-0.39, 0.29) is 6.04 Å². The lowest BCUT2D eigenvalue weighted by Gasteiger charge is -2.04. The molecule has 1 rings (SSSR count). The number of rotatable bonds is 2. The van der Waals surface area contributed by atoms with Gasteiger partial charge in [0.15, 0.2) is 0 Å². The lowest BCUT2D eigenvalue weighted by Crippen LogP contribution is -2.15. The quantitative estimate of drug-likeness (QED) is 0.715. The summed E-state index contributed by atoms with van der Waals surface area (Å²) in [6, 6.07) is 0.111. The van der Waals surface area contributed by atoms with Crippen molar-refractivity contribution < 1.29 is 0 Å². The van der Waals surface area contributed by atoms with Gasteiger partial charge in [-0.15, -0.1) is 0 Å². The minimum atomic E-state index is 0.111. The van der Waals surface area contributed by atoms with Crippen LogP contribution in [0.15, 0.2) is 18.1 Å². The molecule has 1 atom stereocenters. The zero-order chi connectivity index (χ0) is 9.14. The van der Waals surface area contributed by atoms with Crippen LogP contribution in [0.3, 0.4) is 0 Å². The van der Waals surface area contributed by atoms with Crippen molar-refractivity contribution >= 4 is 6.08 Å². The zero-order valence-electron chi connectivity index (χ0n) is 7.78. The number of aryl methyl sites for hydroxylation is 1. The minimum Gasteiger partial charge on any atom is -0.334 e.